The molecular formula is C15H14FNO4. The first-order valence-corrected chi connectivity index (χ1v) is 6.30. The lowest BCUT2D eigenvalue weighted by Crippen LogP contribution is -2.36. The Morgan fingerprint density at radius 3 is 2.10 bits per heavy atom. The maximum absolute atomic E-state index is 12.1. The molecule has 2 aromatic carbocycles. The highest BCUT2D eigenvalue weighted by Gasteiger charge is 2.18. The molecule has 0 bridgehead atoms. The number of hydroxylamine groups is 2. The number of ether oxygens (including phenoxy) is 1. The van der Waals surface area contributed by atoms with E-state index >= 15 is 0 Å². The van der Waals surface area contributed by atoms with Gasteiger partial charge in [-0.3, -0.25) is 0 Å². The molecule has 0 fully saturated rings. The molecule has 0 spiro atoms. The van der Waals surface area contributed by atoms with Crippen molar-refractivity contribution in [3.05, 3.63) is 60.7 Å². The van der Waals surface area contributed by atoms with Gasteiger partial charge >= 0.3 is 6.09 Å². The molecule has 110 valence electrons. The van der Waals surface area contributed by atoms with Crippen LogP contribution in [0.15, 0.2) is 60.7 Å². The third-order valence-corrected chi connectivity index (χ3v) is 2.53. The Balaban J connectivity index is 1.89. The van der Waals surface area contributed by atoms with Crippen LogP contribution >= 0.6 is 0 Å². The molecule has 0 saturated carbocycles. The number of rotatable bonds is 6. The Kier molecular flexibility index (Phi) is 5.40. The topological polar surface area (TPSA) is 48.0 Å². The van der Waals surface area contributed by atoms with Gasteiger partial charge in [-0.25, -0.2) is 9.74 Å². The molecule has 21 heavy (non-hydrogen) atoms. The zero-order valence-electron chi connectivity index (χ0n) is 11.1. The standard InChI is InChI=1S/C15H14FNO4/c16-20-15(18)17(21-14-9-5-2-6-10-14)11-12-19-13-7-3-1-4-8-13/h1-10H,11-12H2. The van der Waals surface area contributed by atoms with Crippen LogP contribution in [0.1, 0.15) is 0 Å². The highest BCUT2D eigenvalue weighted by Crippen LogP contribution is 2.12. The molecule has 0 unspecified atom stereocenters. The number of amides is 1. The van der Waals surface area contributed by atoms with E-state index in [2.05, 4.69) is 4.94 Å². The van der Waals surface area contributed by atoms with Crippen LogP contribution in [0.4, 0.5) is 9.32 Å². The monoisotopic (exact) mass is 291 g/mol. The first-order valence-electron chi connectivity index (χ1n) is 6.30. The number of para-hydroxylation sites is 2. The quantitative estimate of drug-likeness (QED) is 0.765. The lowest BCUT2D eigenvalue weighted by Gasteiger charge is -2.19. The van der Waals surface area contributed by atoms with Gasteiger partial charge in [-0.05, 0) is 24.3 Å². The van der Waals surface area contributed by atoms with E-state index in [0.717, 1.165) is 5.06 Å². The van der Waals surface area contributed by atoms with Crippen molar-refractivity contribution >= 4 is 6.09 Å². The van der Waals surface area contributed by atoms with Gasteiger partial charge in [0.05, 0.1) is 6.54 Å². The van der Waals surface area contributed by atoms with Gasteiger partial charge in [0, 0.05) is 4.53 Å². The smallest absolute Gasteiger partial charge is 0.479 e. The average Bonchev–Trinajstić information content (AvgIpc) is 2.55. The largest absolute Gasteiger partial charge is 0.492 e. The van der Waals surface area contributed by atoms with Crippen molar-refractivity contribution in [2.75, 3.05) is 13.2 Å². The van der Waals surface area contributed by atoms with Gasteiger partial charge in [-0.1, -0.05) is 36.4 Å². The SMILES string of the molecule is O=C(OF)N(CCOc1ccccc1)Oc1ccccc1. The van der Waals surface area contributed by atoms with E-state index in [9.17, 15) is 9.32 Å². The third kappa shape index (κ3) is 4.68. The lowest BCUT2D eigenvalue weighted by atomic mass is 10.3. The molecule has 0 atom stereocenters. The zero-order valence-corrected chi connectivity index (χ0v) is 11.1. The summed E-state index contributed by atoms with van der Waals surface area (Å²) in [7, 11) is 0. The molecule has 0 heterocycles. The molecule has 0 aromatic heterocycles. The predicted octanol–water partition coefficient (Wildman–Crippen LogP) is 3.38. The van der Waals surface area contributed by atoms with E-state index < -0.39 is 6.09 Å². The Morgan fingerprint density at radius 2 is 1.52 bits per heavy atom. The highest BCUT2D eigenvalue weighted by molar-refractivity contribution is 5.65. The summed E-state index contributed by atoms with van der Waals surface area (Å²) in [6.45, 7) is 0.137. The molecule has 0 aliphatic rings. The van der Waals surface area contributed by atoms with E-state index in [1.54, 1.807) is 42.5 Å². The minimum Gasteiger partial charge on any atom is -0.492 e. The van der Waals surface area contributed by atoms with E-state index in [4.69, 9.17) is 9.57 Å². The average molecular weight is 291 g/mol. The Morgan fingerprint density at radius 1 is 0.952 bits per heavy atom. The first-order chi connectivity index (χ1) is 10.3. The number of benzene rings is 2. The molecular weight excluding hydrogens is 277 g/mol. The van der Waals surface area contributed by atoms with Crippen LogP contribution in [0.3, 0.4) is 0 Å². The summed E-state index contributed by atoms with van der Waals surface area (Å²) in [6, 6.07) is 17.6. The summed E-state index contributed by atoms with van der Waals surface area (Å²) in [4.78, 5) is 19.7. The van der Waals surface area contributed by atoms with Crippen LogP contribution in [0.25, 0.3) is 0 Å². The number of hydrogen-bond donors (Lipinski definition) is 0. The zero-order chi connectivity index (χ0) is 14.9. The van der Waals surface area contributed by atoms with Gasteiger partial charge in [-0.15, -0.1) is 5.06 Å². The van der Waals surface area contributed by atoms with Gasteiger partial charge in [0.1, 0.15) is 12.4 Å². The van der Waals surface area contributed by atoms with Crippen molar-refractivity contribution in [2.24, 2.45) is 0 Å². The van der Waals surface area contributed by atoms with Crippen LogP contribution in [0, 0.1) is 0 Å². The molecule has 0 saturated heterocycles. The first kappa shape index (κ1) is 14.6. The van der Waals surface area contributed by atoms with Crippen molar-refractivity contribution in [1.82, 2.24) is 5.06 Å². The molecule has 0 aliphatic heterocycles. The van der Waals surface area contributed by atoms with Crippen molar-refractivity contribution in [2.45, 2.75) is 0 Å². The molecule has 1 amide bonds. The minimum absolute atomic E-state index is 0.00649. The maximum atomic E-state index is 12.1. The van der Waals surface area contributed by atoms with Crippen molar-refractivity contribution in [3.8, 4) is 11.5 Å². The Hall–Kier alpha value is -2.76. The van der Waals surface area contributed by atoms with Gasteiger partial charge in [0.2, 0.25) is 0 Å². The van der Waals surface area contributed by atoms with Gasteiger partial charge in [0.25, 0.3) is 0 Å². The molecule has 2 aromatic rings. The van der Waals surface area contributed by atoms with E-state index in [0.29, 0.717) is 11.5 Å². The van der Waals surface area contributed by atoms with Gasteiger partial charge in [0.15, 0.2) is 5.75 Å². The highest BCUT2D eigenvalue weighted by atomic mass is 19.3. The second-order valence-electron chi connectivity index (χ2n) is 4.01. The van der Waals surface area contributed by atoms with Crippen molar-refractivity contribution in [3.63, 3.8) is 0 Å². The summed E-state index contributed by atoms with van der Waals surface area (Å²) in [5, 5.41) is 0.748. The number of nitrogens with zero attached hydrogens (tertiary/aromatic N) is 1. The molecule has 0 radical (unpaired) electrons. The Labute approximate surface area is 121 Å². The van der Waals surface area contributed by atoms with Crippen LogP contribution in [0.5, 0.6) is 11.5 Å². The molecule has 6 heteroatoms. The second kappa shape index (κ2) is 7.74. The van der Waals surface area contributed by atoms with Gasteiger partial charge < -0.3 is 9.57 Å². The molecule has 0 N–H and O–H groups in total. The Bertz CT molecular complexity index is 550. The van der Waals surface area contributed by atoms with Crippen LogP contribution in [-0.4, -0.2) is 24.3 Å². The fourth-order valence-corrected chi connectivity index (χ4v) is 1.58. The summed E-state index contributed by atoms with van der Waals surface area (Å²) < 4.78 is 17.5. The third-order valence-electron chi connectivity index (χ3n) is 2.53. The van der Waals surface area contributed by atoms with E-state index in [1.807, 2.05) is 18.2 Å². The summed E-state index contributed by atoms with van der Waals surface area (Å²) in [5.74, 6) is 1.04. The van der Waals surface area contributed by atoms with Crippen LogP contribution < -0.4 is 9.57 Å². The van der Waals surface area contributed by atoms with Crippen molar-refractivity contribution in [1.29, 1.82) is 0 Å². The molecule has 0 aliphatic carbocycles. The van der Waals surface area contributed by atoms with Crippen LogP contribution in [0.2, 0.25) is 0 Å². The van der Waals surface area contributed by atoms with Crippen LogP contribution in [-0.2, 0) is 4.94 Å². The number of halogens is 1. The predicted molar refractivity (Wildman–Crippen MR) is 73.3 cm³/mol. The fraction of sp³-hybridized carbons (Fsp3) is 0.133. The van der Waals surface area contributed by atoms with E-state index in [1.165, 1.54) is 0 Å². The number of hydrogen-bond acceptors (Lipinski definition) is 4. The molecule has 5 nitrogen and oxygen atoms in total. The van der Waals surface area contributed by atoms with E-state index in [-0.39, 0.29) is 13.2 Å². The van der Waals surface area contributed by atoms with Crippen molar-refractivity contribution < 1.29 is 23.8 Å². The normalized spacial score (nSPS) is 9.76. The van der Waals surface area contributed by atoms with Gasteiger partial charge in [-0.2, -0.15) is 0 Å². The second-order valence-corrected chi connectivity index (χ2v) is 4.01. The summed E-state index contributed by atoms with van der Waals surface area (Å²) >= 11 is 0. The fourth-order valence-electron chi connectivity index (χ4n) is 1.58. The number of carbonyl (C=O) groups excluding carboxylic acids is 1. The number of carbonyl (C=O) groups is 1. The maximum Gasteiger partial charge on any atom is 0.479 e. The summed E-state index contributed by atoms with van der Waals surface area (Å²) in [5.41, 5.74) is 0. The lowest BCUT2D eigenvalue weighted by molar-refractivity contribution is -0.130. The summed E-state index contributed by atoms with van der Waals surface area (Å²) in [6.07, 6.45) is -1.24. The minimum atomic E-state index is -1.24. The molecule has 2 rings (SSSR count).